The number of carbonyl (C=O) groups is 1. The summed E-state index contributed by atoms with van der Waals surface area (Å²) < 4.78 is 0. The Hall–Kier alpha value is -1.76. The van der Waals surface area contributed by atoms with E-state index in [0.717, 1.165) is 49.7 Å². The second-order valence-electron chi connectivity index (χ2n) is 5.60. The molecular formula is C17H22N4OS. The molecule has 23 heavy (non-hydrogen) atoms. The number of benzene rings is 1. The van der Waals surface area contributed by atoms with Crippen molar-refractivity contribution in [3.8, 4) is 10.6 Å². The van der Waals surface area contributed by atoms with Gasteiger partial charge in [0.2, 0.25) is 0 Å². The van der Waals surface area contributed by atoms with Gasteiger partial charge in [0.1, 0.15) is 9.88 Å². The average Bonchev–Trinajstić information content (AvgIpc) is 3.10. The maximum atomic E-state index is 12.2. The summed E-state index contributed by atoms with van der Waals surface area (Å²) >= 11 is 1.44. The molecule has 1 amide bonds. The molecule has 5 nitrogen and oxygen atoms in total. The second-order valence-corrected chi connectivity index (χ2v) is 6.63. The standard InChI is InChI=1S/C17H22N4OS/c22-16(19-7-4-10-21-11-8-18-9-12-21)15-13-20-17(23-15)14-5-2-1-3-6-14/h1-3,5-6,13,18H,4,7-12H2,(H,19,22). The van der Waals surface area contributed by atoms with Crippen LogP contribution in [0.5, 0.6) is 0 Å². The van der Waals surface area contributed by atoms with Crippen LogP contribution in [-0.2, 0) is 0 Å². The number of thiazole rings is 1. The molecule has 0 unspecified atom stereocenters. The van der Waals surface area contributed by atoms with E-state index >= 15 is 0 Å². The van der Waals surface area contributed by atoms with Gasteiger partial charge in [-0.3, -0.25) is 4.79 Å². The number of nitrogens with zero attached hydrogens (tertiary/aromatic N) is 2. The van der Waals surface area contributed by atoms with E-state index < -0.39 is 0 Å². The molecule has 1 saturated heterocycles. The van der Waals surface area contributed by atoms with Crippen LogP contribution in [-0.4, -0.2) is 55.1 Å². The molecule has 122 valence electrons. The lowest BCUT2D eigenvalue weighted by molar-refractivity contribution is 0.0955. The normalized spacial score (nSPS) is 15.5. The first-order valence-electron chi connectivity index (χ1n) is 8.05. The Morgan fingerprint density at radius 3 is 2.83 bits per heavy atom. The van der Waals surface area contributed by atoms with E-state index in [2.05, 4.69) is 20.5 Å². The molecular weight excluding hydrogens is 308 g/mol. The van der Waals surface area contributed by atoms with Gasteiger partial charge >= 0.3 is 0 Å². The van der Waals surface area contributed by atoms with Crippen molar-refractivity contribution < 1.29 is 4.79 Å². The SMILES string of the molecule is O=C(NCCCN1CCNCC1)c1cnc(-c2ccccc2)s1. The van der Waals surface area contributed by atoms with Gasteiger partial charge in [0, 0.05) is 38.3 Å². The topological polar surface area (TPSA) is 57.3 Å². The molecule has 6 heteroatoms. The molecule has 0 aliphatic carbocycles. The van der Waals surface area contributed by atoms with Crippen LogP contribution in [0.25, 0.3) is 10.6 Å². The molecule has 1 aliphatic heterocycles. The molecule has 1 aromatic heterocycles. The molecule has 0 radical (unpaired) electrons. The molecule has 1 aromatic carbocycles. The Morgan fingerprint density at radius 1 is 1.26 bits per heavy atom. The third kappa shape index (κ3) is 4.60. The van der Waals surface area contributed by atoms with Crippen molar-refractivity contribution in [1.29, 1.82) is 0 Å². The van der Waals surface area contributed by atoms with Gasteiger partial charge in [0.05, 0.1) is 6.20 Å². The zero-order valence-electron chi connectivity index (χ0n) is 13.1. The van der Waals surface area contributed by atoms with Crippen molar-refractivity contribution in [2.45, 2.75) is 6.42 Å². The maximum Gasteiger partial charge on any atom is 0.263 e. The number of amides is 1. The minimum Gasteiger partial charge on any atom is -0.351 e. The predicted molar refractivity (Wildman–Crippen MR) is 93.8 cm³/mol. The quantitative estimate of drug-likeness (QED) is 0.794. The van der Waals surface area contributed by atoms with Gasteiger partial charge in [-0.2, -0.15) is 0 Å². The van der Waals surface area contributed by atoms with E-state index in [1.165, 1.54) is 11.3 Å². The molecule has 1 aliphatic rings. The van der Waals surface area contributed by atoms with Crippen molar-refractivity contribution in [2.75, 3.05) is 39.3 Å². The lowest BCUT2D eigenvalue weighted by Crippen LogP contribution is -2.44. The Kier molecular flexibility index (Phi) is 5.74. The number of aromatic nitrogens is 1. The summed E-state index contributed by atoms with van der Waals surface area (Å²) in [7, 11) is 0. The fourth-order valence-corrected chi connectivity index (χ4v) is 3.46. The molecule has 2 N–H and O–H groups in total. The second kappa shape index (κ2) is 8.19. The van der Waals surface area contributed by atoms with Crippen molar-refractivity contribution in [2.24, 2.45) is 0 Å². The van der Waals surface area contributed by atoms with Crippen molar-refractivity contribution in [1.82, 2.24) is 20.5 Å². The smallest absolute Gasteiger partial charge is 0.263 e. The zero-order chi connectivity index (χ0) is 15.9. The van der Waals surface area contributed by atoms with Crippen LogP contribution < -0.4 is 10.6 Å². The Morgan fingerprint density at radius 2 is 2.04 bits per heavy atom. The molecule has 0 saturated carbocycles. The first-order chi connectivity index (χ1) is 11.3. The highest BCUT2D eigenvalue weighted by atomic mass is 32.1. The fourth-order valence-electron chi connectivity index (χ4n) is 2.62. The summed E-state index contributed by atoms with van der Waals surface area (Å²) in [4.78, 5) is 19.6. The van der Waals surface area contributed by atoms with Crippen molar-refractivity contribution in [3.63, 3.8) is 0 Å². The van der Waals surface area contributed by atoms with E-state index in [0.29, 0.717) is 11.4 Å². The van der Waals surface area contributed by atoms with Crippen molar-refractivity contribution >= 4 is 17.2 Å². The highest BCUT2D eigenvalue weighted by Gasteiger charge is 2.12. The van der Waals surface area contributed by atoms with Gasteiger partial charge in [0.25, 0.3) is 5.91 Å². The highest BCUT2D eigenvalue weighted by Crippen LogP contribution is 2.24. The van der Waals surface area contributed by atoms with Gasteiger partial charge in [-0.15, -0.1) is 11.3 Å². The largest absolute Gasteiger partial charge is 0.351 e. The number of nitrogens with one attached hydrogen (secondary N) is 2. The van der Waals surface area contributed by atoms with E-state index in [9.17, 15) is 4.79 Å². The van der Waals surface area contributed by atoms with Crippen LogP contribution in [0.3, 0.4) is 0 Å². The Labute approximate surface area is 140 Å². The van der Waals surface area contributed by atoms with Gasteiger partial charge in [-0.1, -0.05) is 30.3 Å². The number of hydrogen-bond donors (Lipinski definition) is 2. The number of carbonyl (C=O) groups excluding carboxylic acids is 1. The molecule has 0 bridgehead atoms. The van der Waals surface area contributed by atoms with Crippen LogP contribution in [0.1, 0.15) is 16.1 Å². The lowest BCUT2D eigenvalue weighted by atomic mass is 10.2. The average molecular weight is 330 g/mol. The van der Waals surface area contributed by atoms with Crippen LogP contribution in [0.15, 0.2) is 36.5 Å². The fraction of sp³-hybridized carbons (Fsp3) is 0.412. The van der Waals surface area contributed by atoms with Crippen LogP contribution in [0.2, 0.25) is 0 Å². The first kappa shape index (κ1) is 16.1. The van der Waals surface area contributed by atoms with Crippen molar-refractivity contribution in [3.05, 3.63) is 41.4 Å². The number of hydrogen-bond acceptors (Lipinski definition) is 5. The van der Waals surface area contributed by atoms with Gasteiger partial charge in [-0.05, 0) is 13.0 Å². The lowest BCUT2D eigenvalue weighted by Gasteiger charge is -2.26. The molecule has 0 spiro atoms. The summed E-state index contributed by atoms with van der Waals surface area (Å²) in [6, 6.07) is 9.95. The Bertz CT molecular complexity index is 623. The van der Waals surface area contributed by atoms with Gasteiger partial charge < -0.3 is 15.5 Å². The molecule has 1 fully saturated rings. The monoisotopic (exact) mass is 330 g/mol. The third-order valence-electron chi connectivity index (χ3n) is 3.90. The van der Waals surface area contributed by atoms with Gasteiger partial charge in [0.15, 0.2) is 0 Å². The predicted octanol–water partition coefficient (Wildman–Crippen LogP) is 1.84. The first-order valence-corrected chi connectivity index (χ1v) is 8.87. The minimum atomic E-state index is -0.0232. The van der Waals surface area contributed by atoms with Crippen LogP contribution in [0, 0.1) is 0 Å². The zero-order valence-corrected chi connectivity index (χ0v) is 13.9. The van der Waals surface area contributed by atoms with E-state index in [4.69, 9.17) is 0 Å². The summed E-state index contributed by atoms with van der Waals surface area (Å²) in [6.45, 7) is 6.08. The Balaban J connectivity index is 1.44. The molecule has 3 rings (SSSR count). The molecule has 0 atom stereocenters. The number of piperazine rings is 1. The minimum absolute atomic E-state index is 0.0232. The highest BCUT2D eigenvalue weighted by molar-refractivity contribution is 7.16. The van der Waals surface area contributed by atoms with Crippen LogP contribution in [0.4, 0.5) is 0 Å². The summed E-state index contributed by atoms with van der Waals surface area (Å²) in [5, 5.41) is 7.22. The number of rotatable bonds is 6. The molecule has 2 aromatic rings. The molecule has 2 heterocycles. The van der Waals surface area contributed by atoms with E-state index in [1.807, 2.05) is 30.3 Å². The van der Waals surface area contributed by atoms with E-state index in [1.54, 1.807) is 6.20 Å². The summed E-state index contributed by atoms with van der Waals surface area (Å²) in [5.74, 6) is -0.0232. The van der Waals surface area contributed by atoms with Crippen LogP contribution >= 0.6 is 11.3 Å². The third-order valence-corrected chi connectivity index (χ3v) is 4.94. The maximum absolute atomic E-state index is 12.2. The van der Waals surface area contributed by atoms with E-state index in [-0.39, 0.29) is 5.91 Å². The van der Waals surface area contributed by atoms with Gasteiger partial charge in [-0.25, -0.2) is 4.98 Å². The summed E-state index contributed by atoms with van der Waals surface area (Å²) in [6.07, 6.45) is 2.65. The summed E-state index contributed by atoms with van der Waals surface area (Å²) in [5.41, 5.74) is 1.05.